The van der Waals surface area contributed by atoms with Gasteiger partial charge in [0.05, 0.1) is 40.7 Å². The molecule has 8 rings (SSSR count). The summed E-state index contributed by atoms with van der Waals surface area (Å²) in [5, 5.41) is 8.26. The number of likely N-dealkylation sites (N-methyl/N-ethyl adjacent to an activating group) is 1. The van der Waals surface area contributed by atoms with Crippen molar-refractivity contribution < 1.29 is 33.4 Å². The Morgan fingerprint density at radius 2 is 1.90 bits per heavy atom. The predicted molar refractivity (Wildman–Crippen MR) is 261 cm³/mol. The second kappa shape index (κ2) is 20.5. The fourth-order valence-electron chi connectivity index (χ4n) is 10.8. The Bertz CT molecular complexity index is 2620. The van der Waals surface area contributed by atoms with Crippen LogP contribution in [-0.4, -0.2) is 117 Å². The summed E-state index contributed by atoms with van der Waals surface area (Å²) in [6.45, 7) is 13.7. The molecular formula is C52H66N8O7S. The molecule has 2 saturated heterocycles. The van der Waals surface area contributed by atoms with Gasteiger partial charge in [-0.05, 0) is 100 Å². The minimum Gasteiger partial charge on any atom is -0.464 e. The third kappa shape index (κ3) is 9.93. The van der Waals surface area contributed by atoms with Gasteiger partial charge in [0.2, 0.25) is 11.8 Å². The summed E-state index contributed by atoms with van der Waals surface area (Å²) < 4.78 is 14.3. The number of nitrogens with zero attached hydrogens (tertiary/aromatic N) is 6. The molecule has 1 unspecified atom stereocenters. The molecule has 16 heteroatoms. The number of likely N-dealkylation sites (tertiary alicyclic amines) is 1. The van der Waals surface area contributed by atoms with Gasteiger partial charge in [-0.3, -0.25) is 34.0 Å². The number of cyclic esters (lactones) is 1. The Hall–Kier alpha value is -5.63. The van der Waals surface area contributed by atoms with Crippen molar-refractivity contribution in [1.29, 1.82) is 0 Å². The third-order valence-electron chi connectivity index (χ3n) is 14.5. The molecule has 0 radical (unpaired) electrons. The van der Waals surface area contributed by atoms with E-state index in [2.05, 4.69) is 72.2 Å². The molecule has 3 aromatic heterocycles. The molecule has 68 heavy (non-hydrogen) atoms. The molecule has 3 aliphatic heterocycles. The van der Waals surface area contributed by atoms with Crippen LogP contribution in [0.15, 0.2) is 41.9 Å². The zero-order valence-electron chi connectivity index (χ0n) is 40.7. The number of rotatable bonds is 9. The maximum Gasteiger partial charge on any atom is 0.324 e. The van der Waals surface area contributed by atoms with Crippen LogP contribution in [0.2, 0.25) is 0 Å². The number of hydrogen-bond donors (Lipinski definition) is 2. The van der Waals surface area contributed by atoms with Gasteiger partial charge in [-0.1, -0.05) is 45.6 Å². The molecular weight excluding hydrogens is 881 g/mol. The minimum absolute atomic E-state index is 0.0896. The van der Waals surface area contributed by atoms with Gasteiger partial charge in [0.15, 0.2) is 0 Å². The highest BCUT2D eigenvalue weighted by Crippen LogP contribution is 2.42. The molecule has 3 fully saturated rings. The van der Waals surface area contributed by atoms with Crippen LogP contribution in [-0.2, 0) is 52.8 Å². The molecule has 2 N–H and O–H groups in total. The van der Waals surface area contributed by atoms with E-state index >= 15 is 0 Å². The number of amides is 4. The molecule has 1 aromatic carbocycles. The third-order valence-corrected chi connectivity index (χ3v) is 15.4. The van der Waals surface area contributed by atoms with Crippen molar-refractivity contribution in [2.45, 2.75) is 124 Å². The van der Waals surface area contributed by atoms with Crippen LogP contribution >= 0.6 is 11.3 Å². The van der Waals surface area contributed by atoms with Gasteiger partial charge in [0.1, 0.15) is 18.1 Å². The number of ether oxygens (including phenoxy) is 2. The van der Waals surface area contributed by atoms with Gasteiger partial charge in [-0.15, -0.1) is 11.3 Å². The second-order valence-corrected chi connectivity index (χ2v) is 20.8. The van der Waals surface area contributed by atoms with Crippen LogP contribution in [0.25, 0.3) is 33.4 Å². The molecule has 4 aliphatic rings. The number of aryl methyl sites for hydroxylation is 1. The highest BCUT2D eigenvalue weighted by Gasteiger charge is 2.44. The van der Waals surface area contributed by atoms with Gasteiger partial charge in [-0.25, -0.2) is 10.4 Å². The molecule has 15 nitrogen and oxygen atoms in total. The number of pyridine rings is 1. The smallest absolute Gasteiger partial charge is 0.324 e. The van der Waals surface area contributed by atoms with Crippen LogP contribution in [0, 0.1) is 35.0 Å². The average Bonchev–Trinajstić information content (AvgIpc) is 4.17. The van der Waals surface area contributed by atoms with Crippen molar-refractivity contribution in [2.24, 2.45) is 23.2 Å². The lowest BCUT2D eigenvalue weighted by Crippen LogP contribution is -2.62. The van der Waals surface area contributed by atoms with Crippen LogP contribution in [0.1, 0.15) is 102 Å². The number of fused-ring (bicyclic) bond motifs is 6. The van der Waals surface area contributed by atoms with E-state index in [1.165, 1.54) is 16.3 Å². The number of hydrazine groups is 1. The molecule has 1 saturated carbocycles. The van der Waals surface area contributed by atoms with Gasteiger partial charge < -0.3 is 29.2 Å². The predicted octanol–water partition coefficient (Wildman–Crippen LogP) is 6.34. The fourth-order valence-corrected chi connectivity index (χ4v) is 11.7. The SMILES string of the molecule is CC#CC(=O)N1C[C@H](C)[C@H](C(=O)N(C)C(C(=O)N[C@H]2Cc3nc(cs3)-c3ccc4c(c3)c(c(-c3cccnc3[C@H](C)OC)n4CC)CC(C)(C)COC(=O)[C@@H]3CCCN(N3)C2=O)C2CCCC2)C1. The lowest BCUT2D eigenvalue weighted by atomic mass is 9.84. The molecule has 1 aliphatic carbocycles. The maximum atomic E-state index is 14.9. The van der Waals surface area contributed by atoms with E-state index in [0.29, 0.717) is 43.9 Å². The number of aromatic nitrogens is 3. The standard InChI is InChI=1S/C52H66N8O7S/c1-9-15-44(61)58-27-31(3)38(28-58)49(63)57(7)46(33-16-11-12-17-33)48(62)55-40-25-43-54-41(29-68-43)34-20-21-42-36(24-34)37(47(59(42)10-2)35-18-13-22-53-45(35)32(4)66-8)26-52(5,6)30-67-51(65)39-19-14-23-60(56-39)50(40)64/h13,18,20-22,24,29,31-33,38-40,46,56H,10-12,14,16-17,19,23,25-28,30H2,1-8H3,(H,55,62)/t31-,32-,38+,39-,40-,46?/m0/s1. The Kier molecular flexibility index (Phi) is 14.7. The quantitative estimate of drug-likeness (QED) is 0.143. The second-order valence-electron chi connectivity index (χ2n) is 19.9. The van der Waals surface area contributed by atoms with E-state index in [-0.39, 0.29) is 49.3 Å². The first-order chi connectivity index (χ1) is 32.6. The van der Waals surface area contributed by atoms with Crippen molar-refractivity contribution in [3.8, 4) is 34.4 Å². The van der Waals surface area contributed by atoms with Gasteiger partial charge in [0, 0.05) is 85.8 Å². The summed E-state index contributed by atoms with van der Waals surface area (Å²) in [6.07, 6.45) is 6.61. The van der Waals surface area contributed by atoms with Crippen LogP contribution in [0.3, 0.4) is 0 Å². The Morgan fingerprint density at radius 1 is 1.12 bits per heavy atom. The number of methoxy groups -OCH3 is 1. The summed E-state index contributed by atoms with van der Waals surface area (Å²) in [5.74, 6) is 2.72. The molecule has 362 valence electrons. The van der Waals surface area contributed by atoms with E-state index in [1.807, 2.05) is 25.3 Å². The summed E-state index contributed by atoms with van der Waals surface area (Å²) in [7, 11) is 3.36. The van der Waals surface area contributed by atoms with Crippen LogP contribution < -0.4 is 10.7 Å². The Labute approximate surface area is 403 Å². The van der Waals surface area contributed by atoms with Gasteiger partial charge in [-0.2, -0.15) is 0 Å². The van der Waals surface area contributed by atoms with E-state index in [4.69, 9.17) is 19.4 Å². The minimum atomic E-state index is -1.07. The molecule has 6 heterocycles. The number of benzene rings is 1. The van der Waals surface area contributed by atoms with Crippen molar-refractivity contribution in [1.82, 2.24) is 40.1 Å². The molecule has 4 amide bonds. The number of nitrogens with one attached hydrogen (secondary N) is 2. The van der Waals surface area contributed by atoms with Gasteiger partial charge >= 0.3 is 5.97 Å². The summed E-state index contributed by atoms with van der Waals surface area (Å²) in [5.41, 5.74) is 9.33. The van der Waals surface area contributed by atoms with Crippen molar-refractivity contribution in [3.05, 3.63) is 58.2 Å². The molecule has 6 atom stereocenters. The molecule has 4 aromatic rings. The average molecular weight is 947 g/mol. The van der Waals surface area contributed by atoms with Crippen molar-refractivity contribution >= 4 is 51.8 Å². The first-order valence-corrected chi connectivity index (χ1v) is 25.1. The lowest BCUT2D eigenvalue weighted by molar-refractivity contribution is -0.155. The van der Waals surface area contributed by atoms with Gasteiger partial charge in [0.25, 0.3) is 11.8 Å². The monoisotopic (exact) mass is 946 g/mol. The van der Waals surface area contributed by atoms with Crippen molar-refractivity contribution in [2.75, 3.05) is 40.4 Å². The van der Waals surface area contributed by atoms with E-state index in [0.717, 1.165) is 70.4 Å². The Balaban J connectivity index is 1.16. The Morgan fingerprint density at radius 3 is 2.63 bits per heavy atom. The summed E-state index contributed by atoms with van der Waals surface area (Å²) >= 11 is 1.42. The lowest BCUT2D eigenvalue weighted by Gasteiger charge is -2.37. The zero-order valence-corrected chi connectivity index (χ0v) is 41.5. The molecule has 6 bridgehead atoms. The largest absolute Gasteiger partial charge is 0.464 e. The van der Waals surface area contributed by atoms with Crippen LogP contribution in [0.4, 0.5) is 0 Å². The summed E-state index contributed by atoms with van der Waals surface area (Å²) in [4.78, 5) is 83.8. The zero-order chi connectivity index (χ0) is 48.4. The number of thiazole rings is 1. The number of carbonyl (C=O) groups excluding carboxylic acids is 5. The number of hydrogen-bond acceptors (Lipinski definition) is 11. The van der Waals surface area contributed by atoms with Crippen LogP contribution in [0.5, 0.6) is 0 Å². The van der Waals surface area contributed by atoms with Crippen molar-refractivity contribution in [3.63, 3.8) is 0 Å². The van der Waals surface area contributed by atoms with E-state index in [9.17, 15) is 24.0 Å². The first kappa shape index (κ1) is 48.8. The maximum absolute atomic E-state index is 14.9. The molecule has 0 spiro atoms. The summed E-state index contributed by atoms with van der Waals surface area (Å²) in [6, 6.07) is 7.75. The normalized spacial score (nSPS) is 23.1. The van der Waals surface area contributed by atoms with E-state index in [1.54, 1.807) is 37.1 Å². The first-order valence-electron chi connectivity index (χ1n) is 24.2. The fraction of sp³-hybridized carbons (Fsp3) is 0.558. The highest BCUT2D eigenvalue weighted by atomic mass is 32.1. The number of carbonyl (C=O) groups is 5. The topological polar surface area (TPSA) is 168 Å². The van der Waals surface area contributed by atoms with E-state index < -0.39 is 47.2 Å². The number of esters is 1. The highest BCUT2D eigenvalue weighted by molar-refractivity contribution is 7.10.